The van der Waals surface area contributed by atoms with Crippen LogP contribution in [0, 0.1) is 5.92 Å². The molecule has 0 fully saturated rings. The fourth-order valence-corrected chi connectivity index (χ4v) is 2.69. The Labute approximate surface area is 125 Å². The van der Waals surface area contributed by atoms with E-state index in [1.165, 1.54) is 24.3 Å². The third-order valence-corrected chi connectivity index (χ3v) is 4.00. The molecule has 21 heavy (non-hydrogen) atoms. The number of hydrogen-bond donors (Lipinski definition) is 2. The lowest BCUT2D eigenvalue weighted by atomic mass is 10.2. The number of likely N-dealkylation sites (N-methyl/N-ethyl adjacent to an activating group) is 1. The molecule has 0 saturated heterocycles. The number of nitrogens with one attached hydrogen (secondary N) is 2. The van der Waals surface area contributed by atoms with Gasteiger partial charge in [-0.3, -0.25) is 4.79 Å². The van der Waals surface area contributed by atoms with Crippen LogP contribution in [0.1, 0.15) is 20.8 Å². The summed E-state index contributed by atoms with van der Waals surface area (Å²) in [6.07, 6.45) is 0. The first-order valence-corrected chi connectivity index (χ1v) is 8.32. The Morgan fingerprint density at radius 2 is 1.86 bits per heavy atom. The van der Waals surface area contributed by atoms with Crippen LogP contribution >= 0.6 is 0 Å². The van der Waals surface area contributed by atoms with Crippen molar-refractivity contribution in [3.63, 3.8) is 0 Å². The van der Waals surface area contributed by atoms with Crippen molar-refractivity contribution < 1.29 is 17.9 Å². The van der Waals surface area contributed by atoms with Gasteiger partial charge in [-0.2, -0.15) is 0 Å². The Morgan fingerprint density at radius 1 is 1.24 bits per heavy atom. The largest absolute Gasteiger partial charge is 0.484 e. The molecule has 0 aliphatic carbocycles. The maximum absolute atomic E-state index is 12.0. The van der Waals surface area contributed by atoms with Crippen LogP contribution < -0.4 is 14.8 Å². The van der Waals surface area contributed by atoms with Gasteiger partial charge in [0.05, 0.1) is 4.90 Å². The number of carbonyl (C=O) groups is 1. The summed E-state index contributed by atoms with van der Waals surface area (Å²) in [6, 6.07) is 5.97. The first kappa shape index (κ1) is 17.5. The predicted octanol–water partition coefficient (Wildman–Crippen LogP) is 1.14. The highest BCUT2D eigenvalue weighted by Gasteiger charge is 2.14. The van der Waals surface area contributed by atoms with Crippen molar-refractivity contribution in [1.82, 2.24) is 10.0 Å². The number of rotatable bonds is 8. The van der Waals surface area contributed by atoms with Gasteiger partial charge in [0, 0.05) is 13.1 Å². The van der Waals surface area contributed by atoms with Crippen LogP contribution in [0.25, 0.3) is 0 Å². The van der Waals surface area contributed by atoms with Crippen LogP contribution in [0.15, 0.2) is 29.2 Å². The number of benzene rings is 1. The third kappa shape index (κ3) is 6.14. The third-order valence-electron chi connectivity index (χ3n) is 2.56. The number of sulfonamides is 1. The van der Waals surface area contributed by atoms with E-state index in [0.717, 1.165) is 0 Å². The maximum Gasteiger partial charge on any atom is 0.257 e. The molecular formula is C14H22N2O4S. The summed E-state index contributed by atoms with van der Waals surface area (Å²) in [5, 5.41) is 2.61. The van der Waals surface area contributed by atoms with Crippen molar-refractivity contribution in [2.45, 2.75) is 25.7 Å². The first-order valence-electron chi connectivity index (χ1n) is 6.84. The van der Waals surface area contributed by atoms with Gasteiger partial charge in [-0.15, -0.1) is 0 Å². The summed E-state index contributed by atoms with van der Waals surface area (Å²) >= 11 is 0. The normalized spacial score (nSPS) is 11.4. The molecule has 1 aromatic carbocycles. The lowest BCUT2D eigenvalue weighted by Crippen LogP contribution is -2.28. The average molecular weight is 314 g/mol. The minimum absolute atomic E-state index is 0.0917. The van der Waals surface area contributed by atoms with E-state index in [1.807, 2.05) is 20.8 Å². The van der Waals surface area contributed by atoms with Gasteiger partial charge in [0.25, 0.3) is 5.91 Å². The summed E-state index contributed by atoms with van der Waals surface area (Å²) in [7, 11) is -3.50. The van der Waals surface area contributed by atoms with Crippen LogP contribution in [0.2, 0.25) is 0 Å². The average Bonchev–Trinajstić information content (AvgIpc) is 2.44. The molecule has 2 N–H and O–H groups in total. The van der Waals surface area contributed by atoms with Crippen LogP contribution in [-0.2, 0) is 14.8 Å². The predicted molar refractivity (Wildman–Crippen MR) is 80.6 cm³/mol. The molecule has 0 bridgehead atoms. The molecule has 0 heterocycles. The first-order chi connectivity index (χ1) is 9.85. The summed E-state index contributed by atoms with van der Waals surface area (Å²) in [4.78, 5) is 11.4. The zero-order valence-corrected chi connectivity index (χ0v) is 13.4. The zero-order valence-electron chi connectivity index (χ0n) is 12.5. The lowest BCUT2D eigenvalue weighted by Gasteiger charge is -2.10. The molecule has 1 rings (SSSR count). The topological polar surface area (TPSA) is 84.5 Å². The Morgan fingerprint density at radius 3 is 2.38 bits per heavy atom. The van der Waals surface area contributed by atoms with Crippen LogP contribution in [0.5, 0.6) is 5.75 Å². The highest BCUT2D eigenvalue weighted by atomic mass is 32.2. The molecular weight excluding hydrogens is 292 g/mol. The van der Waals surface area contributed by atoms with E-state index in [4.69, 9.17) is 4.74 Å². The van der Waals surface area contributed by atoms with Gasteiger partial charge in [-0.1, -0.05) is 13.8 Å². The van der Waals surface area contributed by atoms with Crippen molar-refractivity contribution in [2.75, 3.05) is 19.7 Å². The molecule has 0 spiro atoms. The second-order valence-electron chi connectivity index (χ2n) is 4.96. The Balaban J connectivity index is 2.63. The van der Waals surface area contributed by atoms with Crippen molar-refractivity contribution in [2.24, 2.45) is 5.92 Å². The minimum Gasteiger partial charge on any atom is -0.484 e. The Hall–Kier alpha value is -1.60. The van der Waals surface area contributed by atoms with Crippen molar-refractivity contribution in [3.05, 3.63) is 24.3 Å². The molecule has 0 aromatic heterocycles. The minimum atomic E-state index is -3.50. The molecule has 0 aliphatic rings. The van der Waals surface area contributed by atoms with Gasteiger partial charge < -0.3 is 10.1 Å². The second kappa shape index (κ2) is 7.99. The summed E-state index contributed by atoms with van der Waals surface area (Å²) < 4.78 is 31.8. The molecule has 6 nitrogen and oxygen atoms in total. The van der Waals surface area contributed by atoms with E-state index in [1.54, 1.807) is 0 Å². The quantitative estimate of drug-likeness (QED) is 0.753. The molecule has 0 radical (unpaired) electrons. The van der Waals surface area contributed by atoms with E-state index < -0.39 is 10.0 Å². The fourth-order valence-electron chi connectivity index (χ4n) is 1.47. The van der Waals surface area contributed by atoms with E-state index in [9.17, 15) is 13.2 Å². The number of ether oxygens (including phenoxy) is 1. The maximum atomic E-state index is 12.0. The smallest absolute Gasteiger partial charge is 0.257 e. The summed E-state index contributed by atoms with van der Waals surface area (Å²) in [5.41, 5.74) is 0. The number of hydrogen-bond acceptors (Lipinski definition) is 4. The molecule has 1 aromatic rings. The summed E-state index contributed by atoms with van der Waals surface area (Å²) in [5.74, 6) is 0.469. The monoisotopic (exact) mass is 314 g/mol. The van der Waals surface area contributed by atoms with Crippen molar-refractivity contribution in [1.29, 1.82) is 0 Å². The SMILES string of the molecule is CCNC(=O)COc1ccc(S(=O)(=O)NCC(C)C)cc1. The molecule has 7 heteroatoms. The van der Waals surface area contributed by atoms with E-state index in [2.05, 4.69) is 10.0 Å². The van der Waals surface area contributed by atoms with Gasteiger partial charge in [-0.05, 0) is 37.1 Å². The van der Waals surface area contributed by atoms with E-state index >= 15 is 0 Å². The lowest BCUT2D eigenvalue weighted by molar-refractivity contribution is -0.122. The van der Waals surface area contributed by atoms with Gasteiger partial charge in [0.2, 0.25) is 10.0 Å². The van der Waals surface area contributed by atoms with Gasteiger partial charge in [0.15, 0.2) is 6.61 Å². The summed E-state index contributed by atoms with van der Waals surface area (Å²) in [6.45, 7) is 6.52. The van der Waals surface area contributed by atoms with Gasteiger partial charge in [-0.25, -0.2) is 13.1 Å². The molecule has 0 atom stereocenters. The molecule has 0 aliphatic heterocycles. The highest BCUT2D eigenvalue weighted by Crippen LogP contribution is 2.16. The van der Waals surface area contributed by atoms with E-state index in [-0.39, 0.29) is 23.3 Å². The molecule has 0 saturated carbocycles. The highest BCUT2D eigenvalue weighted by molar-refractivity contribution is 7.89. The molecule has 118 valence electrons. The van der Waals surface area contributed by atoms with Crippen molar-refractivity contribution in [3.8, 4) is 5.75 Å². The molecule has 0 unspecified atom stereocenters. The van der Waals surface area contributed by atoms with Crippen molar-refractivity contribution >= 4 is 15.9 Å². The standard InChI is InChI=1S/C14H22N2O4S/c1-4-15-14(17)10-20-12-5-7-13(8-6-12)21(18,19)16-9-11(2)3/h5-8,11,16H,4,9-10H2,1-3H3,(H,15,17). The number of amides is 1. The van der Waals surface area contributed by atoms with Crippen LogP contribution in [0.4, 0.5) is 0 Å². The zero-order chi connectivity index (χ0) is 15.9. The van der Waals surface area contributed by atoms with Crippen LogP contribution in [0.3, 0.4) is 0 Å². The van der Waals surface area contributed by atoms with Crippen LogP contribution in [-0.4, -0.2) is 34.0 Å². The Bertz CT molecular complexity index is 553. The fraction of sp³-hybridized carbons (Fsp3) is 0.500. The molecule has 1 amide bonds. The number of carbonyl (C=O) groups excluding carboxylic acids is 1. The van der Waals surface area contributed by atoms with Gasteiger partial charge >= 0.3 is 0 Å². The second-order valence-corrected chi connectivity index (χ2v) is 6.73. The Kier molecular flexibility index (Phi) is 6.64. The van der Waals surface area contributed by atoms with E-state index in [0.29, 0.717) is 18.8 Å². The van der Waals surface area contributed by atoms with Gasteiger partial charge in [0.1, 0.15) is 5.75 Å².